The molecule has 2 rings (SSSR count). The lowest BCUT2D eigenvalue weighted by molar-refractivity contribution is -0.124. The Morgan fingerprint density at radius 1 is 1.24 bits per heavy atom. The van der Waals surface area contributed by atoms with Gasteiger partial charge in [0.1, 0.15) is 0 Å². The van der Waals surface area contributed by atoms with Gasteiger partial charge in [0.15, 0.2) is 0 Å². The summed E-state index contributed by atoms with van der Waals surface area (Å²) >= 11 is 6.75. The molecule has 2 N–H and O–H groups in total. The first-order chi connectivity index (χ1) is 10.1. The molecular formula is C13H14ClN3O3S. The molecule has 21 heavy (non-hydrogen) atoms. The molecule has 0 aromatic heterocycles. The minimum absolute atomic E-state index is 0.182. The lowest BCUT2D eigenvalue weighted by Gasteiger charge is -2.13. The Hall–Kier alpha value is -1.73. The molecule has 6 nitrogen and oxygen atoms in total. The summed E-state index contributed by atoms with van der Waals surface area (Å²) in [4.78, 5) is 35.4. The monoisotopic (exact) mass is 327 g/mol. The van der Waals surface area contributed by atoms with E-state index < -0.39 is 0 Å². The third-order valence-electron chi connectivity index (χ3n) is 2.83. The highest BCUT2D eigenvalue weighted by atomic mass is 35.5. The van der Waals surface area contributed by atoms with Crippen LogP contribution in [-0.2, 0) is 11.3 Å². The first-order valence-electron chi connectivity index (χ1n) is 6.29. The van der Waals surface area contributed by atoms with Crippen LogP contribution < -0.4 is 10.6 Å². The van der Waals surface area contributed by atoms with Crippen molar-refractivity contribution < 1.29 is 14.4 Å². The van der Waals surface area contributed by atoms with Crippen LogP contribution in [0.1, 0.15) is 5.56 Å². The van der Waals surface area contributed by atoms with Gasteiger partial charge in [0.25, 0.3) is 5.24 Å². The van der Waals surface area contributed by atoms with Gasteiger partial charge in [-0.05, 0) is 17.7 Å². The number of imide groups is 1. The van der Waals surface area contributed by atoms with Crippen LogP contribution in [0.3, 0.4) is 0 Å². The van der Waals surface area contributed by atoms with E-state index in [2.05, 4.69) is 10.6 Å². The molecule has 0 spiro atoms. The summed E-state index contributed by atoms with van der Waals surface area (Å²) in [6.45, 7) is 0.796. The molecular weight excluding hydrogens is 314 g/mol. The number of halogens is 1. The molecule has 1 heterocycles. The van der Waals surface area contributed by atoms with Crippen molar-refractivity contribution in [2.45, 2.75) is 6.54 Å². The Balaban J connectivity index is 1.67. The van der Waals surface area contributed by atoms with Gasteiger partial charge in [-0.25, -0.2) is 4.79 Å². The number of hydrogen-bond acceptors (Lipinski definition) is 4. The normalized spacial score (nSPS) is 14.4. The van der Waals surface area contributed by atoms with Crippen molar-refractivity contribution in [1.82, 2.24) is 15.5 Å². The van der Waals surface area contributed by atoms with Gasteiger partial charge in [-0.3, -0.25) is 14.5 Å². The number of nitrogens with zero attached hydrogens (tertiary/aromatic N) is 1. The van der Waals surface area contributed by atoms with E-state index in [9.17, 15) is 14.4 Å². The van der Waals surface area contributed by atoms with Gasteiger partial charge in [-0.15, -0.1) is 0 Å². The number of benzene rings is 1. The number of urea groups is 1. The largest absolute Gasteiger partial charge is 0.336 e. The fourth-order valence-corrected chi connectivity index (χ4v) is 2.60. The lowest BCUT2D eigenvalue weighted by atomic mass is 10.2. The van der Waals surface area contributed by atoms with Crippen LogP contribution in [0.25, 0.3) is 0 Å². The summed E-state index contributed by atoms with van der Waals surface area (Å²) in [5.41, 5.74) is 0.927. The summed E-state index contributed by atoms with van der Waals surface area (Å²) in [7, 11) is 0. The molecule has 1 aliphatic rings. The second-order valence-electron chi connectivity index (χ2n) is 4.34. The fraction of sp³-hybridized carbons (Fsp3) is 0.308. The Morgan fingerprint density at radius 3 is 2.57 bits per heavy atom. The molecule has 0 radical (unpaired) electrons. The minimum Gasteiger partial charge on any atom is -0.336 e. The molecule has 8 heteroatoms. The van der Waals surface area contributed by atoms with Crippen LogP contribution in [0.2, 0.25) is 5.02 Å². The van der Waals surface area contributed by atoms with E-state index in [-0.39, 0.29) is 36.0 Å². The smallest absolute Gasteiger partial charge is 0.315 e. The van der Waals surface area contributed by atoms with E-state index in [1.54, 1.807) is 12.1 Å². The minimum atomic E-state index is -0.350. The highest BCUT2D eigenvalue weighted by Gasteiger charge is 2.29. The molecule has 1 aromatic rings. The Kier molecular flexibility index (Phi) is 5.46. The SMILES string of the molecule is O=C(NCCN1C(=O)CSC1=O)NCc1ccc(Cl)cc1. The van der Waals surface area contributed by atoms with Crippen molar-refractivity contribution in [2.75, 3.05) is 18.8 Å². The second kappa shape index (κ2) is 7.33. The molecule has 1 saturated heterocycles. The summed E-state index contributed by atoms with van der Waals surface area (Å²) in [5, 5.41) is 5.66. The number of carbonyl (C=O) groups is 3. The highest BCUT2D eigenvalue weighted by molar-refractivity contribution is 8.14. The molecule has 1 fully saturated rings. The Morgan fingerprint density at radius 2 is 1.95 bits per heavy atom. The predicted octanol–water partition coefficient (Wildman–Crippen LogP) is 1.83. The van der Waals surface area contributed by atoms with Gasteiger partial charge >= 0.3 is 6.03 Å². The van der Waals surface area contributed by atoms with Crippen molar-refractivity contribution in [3.63, 3.8) is 0 Å². The van der Waals surface area contributed by atoms with Crippen LogP contribution in [0, 0.1) is 0 Å². The van der Waals surface area contributed by atoms with Gasteiger partial charge < -0.3 is 10.6 Å². The molecule has 1 aliphatic heterocycles. The van der Waals surface area contributed by atoms with Crippen molar-refractivity contribution in [1.29, 1.82) is 0 Å². The number of carbonyl (C=O) groups excluding carboxylic acids is 3. The average molecular weight is 328 g/mol. The molecule has 0 bridgehead atoms. The maximum Gasteiger partial charge on any atom is 0.315 e. The van der Waals surface area contributed by atoms with Gasteiger partial charge in [0, 0.05) is 24.7 Å². The Bertz CT molecular complexity index is 534. The fourth-order valence-electron chi connectivity index (χ4n) is 1.73. The quantitative estimate of drug-likeness (QED) is 0.865. The maximum atomic E-state index is 11.6. The van der Waals surface area contributed by atoms with Gasteiger partial charge in [-0.2, -0.15) is 0 Å². The maximum absolute atomic E-state index is 11.6. The van der Waals surface area contributed by atoms with E-state index >= 15 is 0 Å². The zero-order valence-corrected chi connectivity index (χ0v) is 12.7. The highest BCUT2D eigenvalue weighted by Crippen LogP contribution is 2.17. The number of hydrogen-bond donors (Lipinski definition) is 2. The van der Waals surface area contributed by atoms with Gasteiger partial charge in [-0.1, -0.05) is 35.5 Å². The van der Waals surface area contributed by atoms with Gasteiger partial charge in [0.2, 0.25) is 5.91 Å². The average Bonchev–Trinajstić information content (AvgIpc) is 2.78. The molecule has 0 atom stereocenters. The van der Waals surface area contributed by atoms with E-state index in [0.29, 0.717) is 11.6 Å². The summed E-state index contributed by atoms with van der Waals surface area (Å²) in [5.74, 6) is -0.0323. The molecule has 4 amide bonds. The molecule has 0 aliphatic carbocycles. The number of rotatable bonds is 5. The van der Waals surface area contributed by atoms with E-state index in [1.807, 2.05) is 12.1 Å². The lowest BCUT2D eigenvalue weighted by Crippen LogP contribution is -2.41. The first-order valence-corrected chi connectivity index (χ1v) is 7.66. The number of thioether (sulfide) groups is 1. The van der Waals surface area contributed by atoms with Crippen molar-refractivity contribution in [2.24, 2.45) is 0 Å². The van der Waals surface area contributed by atoms with Crippen LogP contribution in [0.15, 0.2) is 24.3 Å². The summed E-state index contributed by atoms with van der Waals surface area (Å²) in [6.07, 6.45) is 0. The van der Waals surface area contributed by atoms with E-state index in [1.165, 1.54) is 0 Å². The molecule has 112 valence electrons. The standard InChI is InChI=1S/C13H14ClN3O3S/c14-10-3-1-9(2-4-10)7-16-12(19)15-5-6-17-11(18)8-21-13(17)20/h1-4H,5-8H2,(H2,15,16,19). The Labute approximate surface area is 131 Å². The van der Waals surface area contributed by atoms with Crippen molar-refractivity contribution in [3.8, 4) is 0 Å². The molecule has 0 saturated carbocycles. The van der Waals surface area contributed by atoms with E-state index in [0.717, 1.165) is 22.2 Å². The third kappa shape index (κ3) is 4.64. The van der Waals surface area contributed by atoms with Crippen LogP contribution >= 0.6 is 23.4 Å². The summed E-state index contributed by atoms with van der Waals surface area (Å²) < 4.78 is 0. The van der Waals surface area contributed by atoms with Crippen molar-refractivity contribution >= 4 is 40.5 Å². The van der Waals surface area contributed by atoms with Crippen LogP contribution in [-0.4, -0.2) is 40.9 Å². The zero-order chi connectivity index (χ0) is 15.2. The second-order valence-corrected chi connectivity index (χ2v) is 5.70. The van der Waals surface area contributed by atoms with Crippen molar-refractivity contribution in [3.05, 3.63) is 34.9 Å². The topological polar surface area (TPSA) is 78.5 Å². The van der Waals surface area contributed by atoms with E-state index in [4.69, 9.17) is 11.6 Å². The third-order valence-corrected chi connectivity index (χ3v) is 3.94. The number of nitrogens with one attached hydrogen (secondary N) is 2. The molecule has 0 unspecified atom stereocenters. The molecule has 1 aromatic carbocycles. The predicted molar refractivity (Wildman–Crippen MR) is 81.3 cm³/mol. The first kappa shape index (κ1) is 15.7. The summed E-state index contributed by atoms with van der Waals surface area (Å²) in [6, 6.07) is 6.79. The van der Waals surface area contributed by atoms with Crippen LogP contribution in [0.5, 0.6) is 0 Å². The van der Waals surface area contributed by atoms with Crippen LogP contribution in [0.4, 0.5) is 9.59 Å². The zero-order valence-electron chi connectivity index (χ0n) is 11.1. The number of amides is 4. The van der Waals surface area contributed by atoms with Gasteiger partial charge in [0.05, 0.1) is 5.75 Å².